The molecule has 0 aromatic rings. The van der Waals surface area contributed by atoms with Crippen LogP contribution in [0.1, 0.15) is 65.2 Å². The Morgan fingerprint density at radius 2 is 1.95 bits per heavy atom. The number of piperidine rings is 1. The molecule has 2 fully saturated rings. The molecule has 0 bridgehead atoms. The standard InChI is InChI=1S/C17H32N2O2/c1-3-15(21-14-7-5-4-6-8-14)16(20)19-13-17(2)9-11-18-12-10-17/h14-15,18H,3-13H2,1-2H3,(H,19,20). The van der Waals surface area contributed by atoms with Crippen LogP contribution in [-0.4, -0.2) is 37.7 Å². The number of carbonyl (C=O) groups is 1. The molecule has 1 unspecified atom stereocenters. The van der Waals surface area contributed by atoms with E-state index in [1.807, 2.05) is 6.92 Å². The molecule has 122 valence electrons. The molecule has 21 heavy (non-hydrogen) atoms. The average molecular weight is 296 g/mol. The van der Waals surface area contributed by atoms with E-state index in [4.69, 9.17) is 4.74 Å². The lowest BCUT2D eigenvalue weighted by Gasteiger charge is -2.35. The van der Waals surface area contributed by atoms with E-state index in [0.29, 0.717) is 6.10 Å². The summed E-state index contributed by atoms with van der Waals surface area (Å²) >= 11 is 0. The molecule has 4 nitrogen and oxygen atoms in total. The van der Waals surface area contributed by atoms with Crippen LogP contribution in [0.15, 0.2) is 0 Å². The largest absolute Gasteiger partial charge is 0.365 e. The fourth-order valence-electron chi connectivity index (χ4n) is 3.40. The zero-order chi connectivity index (χ0) is 15.1. The van der Waals surface area contributed by atoms with Gasteiger partial charge in [-0.2, -0.15) is 0 Å². The van der Waals surface area contributed by atoms with E-state index in [1.54, 1.807) is 0 Å². The maximum Gasteiger partial charge on any atom is 0.249 e. The maximum absolute atomic E-state index is 12.4. The zero-order valence-electron chi connectivity index (χ0n) is 13.7. The summed E-state index contributed by atoms with van der Waals surface area (Å²) in [7, 11) is 0. The van der Waals surface area contributed by atoms with Crippen molar-refractivity contribution in [2.24, 2.45) is 5.41 Å². The molecule has 1 saturated carbocycles. The lowest BCUT2D eigenvalue weighted by molar-refractivity contribution is -0.138. The van der Waals surface area contributed by atoms with Gasteiger partial charge in [-0.05, 0) is 50.6 Å². The first-order chi connectivity index (χ1) is 10.1. The quantitative estimate of drug-likeness (QED) is 0.792. The van der Waals surface area contributed by atoms with Gasteiger partial charge in [0.1, 0.15) is 6.10 Å². The van der Waals surface area contributed by atoms with E-state index >= 15 is 0 Å². The highest BCUT2D eigenvalue weighted by Gasteiger charge is 2.29. The molecule has 2 rings (SSSR count). The summed E-state index contributed by atoms with van der Waals surface area (Å²) in [5, 5.41) is 6.52. The highest BCUT2D eigenvalue weighted by molar-refractivity contribution is 5.80. The van der Waals surface area contributed by atoms with E-state index in [-0.39, 0.29) is 17.4 Å². The minimum atomic E-state index is -0.265. The van der Waals surface area contributed by atoms with Crippen LogP contribution in [0, 0.1) is 5.41 Å². The van der Waals surface area contributed by atoms with Crippen molar-refractivity contribution in [3.8, 4) is 0 Å². The van der Waals surface area contributed by atoms with Crippen LogP contribution in [0.4, 0.5) is 0 Å². The molecule has 1 heterocycles. The Bertz CT molecular complexity index is 321. The van der Waals surface area contributed by atoms with Crippen LogP contribution in [0.25, 0.3) is 0 Å². The lowest BCUT2D eigenvalue weighted by atomic mass is 9.81. The second-order valence-corrected chi connectivity index (χ2v) is 7.07. The molecule has 4 heteroatoms. The Labute approximate surface area is 129 Å². The van der Waals surface area contributed by atoms with Crippen LogP contribution in [0.5, 0.6) is 0 Å². The van der Waals surface area contributed by atoms with Gasteiger partial charge in [0.15, 0.2) is 0 Å². The summed E-state index contributed by atoms with van der Waals surface area (Å²) in [6, 6.07) is 0. The molecular formula is C17H32N2O2. The highest BCUT2D eigenvalue weighted by Crippen LogP contribution is 2.27. The van der Waals surface area contributed by atoms with Gasteiger partial charge in [-0.15, -0.1) is 0 Å². The van der Waals surface area contributed by atoms with Gasteiger partial charge < -0.3 is 15.4 Å². The molecule has 1 amide bonds. The van der Waals surface area contributed by atoms with Crippen molar-refractivity contribution in [3.63, 3.8) is 0 Å². The Morgan fingerprint density at radius 1 is 1.29 bits per heavy atom. The molecule has 0 aromatic carbocycles. The van der Waals surface area contributed by atoms with E-state index < -0.39 is 0 Å². The van der Waals surface area contributed by atoms with E-state index in [9.17, 15) is 4.79 Å². The first-order valence-corrected chi connectivity index (χ1v) is 8.77. The predicted molar refractivity (Wildman–Crippen MR) is 85.3 cm³/mol. The van der Waals surface area contributed by atoms with Crippen LogP contribution >= 0.6 is 0 Å². The molecule has 0 radical (unpaired) electrons. The summed E-state index contributed by atoms with van der Waals surface area (Å²) < 4.78 is 6.05. The minimum Gasteiger partial charge on any atom is -0.365 e. The van der Waals surface area contributed by atoms with Crippen molar-refractivity contribution >= 4 is 5.91 Å². The summed E-state index contributed by atoms with van der Waals surface area (Å²) in [5.41, 5.74) is 0.240. The number of carbonyl (C=O) groups excluding carboxylic acids is 1. The molecule has 2 N–H and O–H groups in total. The third kappa shape index (κ3) is 5.26. The van der Waals surface area contributed by atoms with Gasteiger partial charge in [-0.3, -0.25) is 4.79 Å². The van der Waals surface area contributed by atoms with Crippen molar-refractivity contribution < 1.29 is 9.53 Å². The minimum absolute atomic E-state index is 0.0860. The Balaban J connectivity index is 1.76. The average Bonchev–Trinajstić information content (AvgIpc) is 2.52. The predicted octanol–water partition coefficient (Wildman–Crippen LogP) is 2.62. The zero-order valence-corrected chi connectivity index (χ0v) is 13.7. The first kappa shape index (κ1) is 16.8. The third-order valence-electron chi connectivity index (χ3n) is 5.07. The Morgan fingerprint density at radius 3 is 2.57 bits per heavy atom. The van der Waals surface area contributed by atoms with Gasteiger partial charge in [-0.25, -0.2) is 0 Å². The van der Waals surface area contributed by atoms with Gasteiger partial charge in [0.05, 0.1) is 6.10 Å². The van der Waals surface area contributed by atoms with Crippen molar-refractivity contribution in [1.29, 1.82) is 0 Å². The molecular weight excluding hydrogens is 264 g/mol. The Hall–Kier alpha value is -0.610. The van der Waals surface area contributed by atoms with Gasteiger partial charge in [0.2, 0.25) is 5.91 Å². The fraction of sp³-hybridized carbons (Fsp3) is 0.941. The van der Waals surface area contributed by atoms with Gasteiger partial charge in [-0.1, -0.05) is 33.1 Å². The molecule has 1 aliphatic heterocycles. The third-order valence-corrected chi connectivity index (χ3v) is 5.07. The molecule has 1 aliphatic carbocycles. The second kappa shape index (κ2) is 8.14. The van der Waals surface area contributed by atoms with Crippen LogP contribution < -0.4 is 10.6 Å². The fourth-order valence-corrected chi connectivity index (χ4v) is 3.40. The van der Waals surface area contributed by atoms with Crippen LogP contribution in [-0.2, 0) is 9.53 Å². The topological polar surface area (TPSA) is 50.4 Å². The van der Waals surface area contributed by atoms with Gasteiger partial charge >= 0.3 is 0 Å². The van der Waals surface area contributed by atoms with Crippen molar-refractivity contribution in [2.45, 2.75) is 77.4 Å². The van der Waals surface area contributed by atoms with Crippen LogP contribution in [0.2, 0.25) is 0 Å². The normalized spacial score (nSPS) is 24.5. The van der Waals surface area contributed by atoms with E-state index in [0.717, 1.165) is 51.7 Å². The van der Waals surface area contributed by atoms with Gasteiger partial charge in [0, 0.05) is 6.54 Å². The second-order valence-electron chi connectivity index (χ2n) is 7.07. The van der Waals surface area contributed by atoms with Crippen molar-refractivity contribution in [2.75, 3.05) is 19.6 Å². The maximum atomic E-state index is 12.4. The monoisotopic (exact) mass is 296 g/mol. The highest BCUT2D eigenvalue weighted by atomic mass is 16.5. The van der Waals surface area contributed by atoms with Crippen molar-refractivity contribution in [3.05, 3.63) is 0 Å². The van der Waals surface area contributed by atoms with Gasteiger partial charge in [0.25, 0.3) is 0 Å². The van der Waals surface area contributed by atoms with E-state index in [1.165, 1.54) is 19.3 Å². The first-order valence-electron chi connectivity index (χ1n) is 8.77. The van der Waals surface area contributed by atoms with Crippen molar-refractivity contribution in [1.82, 2.24) is 10.6 Å². The number of ether oxygens (including phenoxy) is 1. The SMILES string of the molecule is CCC(OC1CCCCC1)C(=O)NCC1(C)CCNCC1. The Kier molecular flexibility index (Phi) is 6.49. The van der Waals surface area contributed by atoms with Crippen LogP contribution in [0.3, 0.4) is 0 Å². The summed E-state index contributed by atoms with van der Waals surface area (Å²) in [4.78, 5) is 12.4. The molecule has 2 aliphatic rings. The number of rotatable bonds is 6. The molecule has 1 atom stereocenters. The number of hydrogen-bond acceptors (Lipinski definition) is 3. The summed E-state index contributed by atoms with van der Waals surface area (Å²) in [6.45, 7) is 7.21. The number of hydrogen-bond donors (Lipinski definition) is 2. The molecule has 1 saturated heterocycles. The molecule has 0 spiro atoms. The summed E-state index contributed by atoms with van der Waals surface area (Å²) in [6.07, 6.45) is 9.10. The van der Waals surface area contributed by atoms with E-state index in [2.05, 4.69) is 17.6 Å². The smallest absolute Gasteiger partial charge is 0.249 e. The summed E-state index contributed by atoms with van der Waals surface area (Å²) in [5.74, 6) is 0.0860. The lowest BCUT2D eigenvalue weighted by Crippen LogP contribution is -2.46. The molecule has 0 aromatic heterocycles. The number of amides is 1. The number of nitrogens with one attached hydrogen (secondary N) is 2.